The summed E-state index contributed by atoms with van der Waals surface area (Å²) in [6.45, 7) is 0. The quantitative estimate of drug-likeness (QED) is 0.615. The number of H-pyrrole nitrogens is 1. The molecule has 0 aromatic carbocycles. The summed E-state index contributed by atoms with van der Waals surface area (Å²) in [5.74, 6) is 0. The number of nitrogens with zero attached hydrogens (tertiary/aromatic N) is 2. The molecule has 4 nitrogen and oxygen atoms in total. The molecule has 2 aromatic heterocycles. The van der Waals surface area contributed by atoms with E-state index in [9.17, 15) is 4.79 Å². The molecule has 1 aliphatic heterocycles. The maximum Gasteiger partial charge on any atom is 0.265 e. The van der Waals surface area contributed by atoms with Gasteiger partial charge >= 0.3 is 0 Å². The van der Waals surface area contributed by atoms with Gasteiger partial charge in [-0.2, -0.15) is 0 Å². The minimum Gasteiger partial charge on any atom is -0.312 e. The van der Waals surface area contributed by atoms with Crippen LogP contribution in [-0.4, -0.2) is 15.0 Å². The van der Waals surface area contributed by atoms with Crippen LogP contribution in [0.2, 0.25) is 0 Å². The summed E-state index contributed by atoms with van der Waals surface area (Å²) in [6, 6.07) is 3.92. The predicted octanol–water partition coefficient (Wildman–Crippen LogP) is 1.22. The molecule has 0 aliphatic carbocycles. The number of hydrogen-bond donors (Lipinski definition) is 1. The Morgan fingerprint density at radius 3 is 3.27 bits per heavy atom. The van der Waals surface area contributed by atoms with Crippen molar-refractivity contribution < 1.29 is 0 Å². The van der Waals surface area contributed by atoms with Crippen molar-refractivity contribution in [2.75, 3.05) is 0 Å². The average Bonchev–Trinajstić information content (AvgIpc) is 2.27. The Morgan fingerprint density at radius 2 is 2.33 bits per heavy atom. The summed E-state index contributed by atoms with van der Waals surface area (Å²) in [4.78, 5) is 23.2. The highest BCUT2D eigenvalue weighted by atomic mass is 32.2. The van der Waals surface area contributed by atoms with E-state index in [2.05, 4.69) is 15.0 Å². The second kappa shape index (κ2) is 3.20. The van der Waals surface area contributed by atoms with E-state index in [-0.39, 0.29) is 5.56 Å². The van der Waals surface area contributed by atoms with Crippen LogP contribution in [0.4, 0.5) is 0 Å². The van der Waals surface area contributed by atoms with Crippen LogP contribution in [0, 0.1) is 0 Å². The van der Waals surface area contributed by atoms with Crippen LogP contribution in [0.15, 0.2) is 39.4 Å². The summed E-state index contributed by atoms with van der Waals surface area (Å²) in [7, 11) is 0. The smallest absolute Gasteiger partial charge is 0.265 e. The molecule has 2 aromatic rings. The van der Waals surface area contributed by atoms with Crippen LogP contribution < -0.4 is 5.56 Å². The minimum absolute atomic E-state index is 0.0821. The molecule has 0 atom stereocenters. The first-order chi connectivity index (χ1) is 7.34. The molecule has 0 saturated carbocycles. The standard InChI is InChI=1S/C10H7N3OS/c14-9-8-7(12-5-13-9)4-6-2-1-3-11-10(6)15-8/h1-3,5H,4H2,(H,12,13,14). The molecule has 5 heteroatoms. The summed E-state index contributed by atoms with van der Waals surface area (Å²) < 4.78 is 0. The van der Waals surface area contributed by atoms with Crippen LogP contribution in [0.3, 0.4) is 0 Å². The molecule has 74 valence electrons. The molecule has 0 amide bonds. The molecule has 3 rings (SSSR count). The molecule has 0 spiro atoms. The number of fused-ring (bicyclic) bond motifs is 2. The third-order valence-corrected chi connectivity index (χ3v) is 3.48. The van der Waals surface area contributed by atoms with Crippen LogP contribution >= 0.6 is 11.8 Å². The number of aromatic amines is 1. The van der Waals surface area contributed by atoms with E-state index in [4.69, 9.17) is 0 Å². The predicted molar refractivity (Wildman–Crippen MR) is 56.0 cm³/mol. The average molecular weight is 217 g/mol. The molecule has 0 bridgehead atoms. The largest absolute Gasteiger partial charge is 0.312 e. The molecular weight excluding hydrogens is 210 g/mol. The zero-order valence-electron chi connectivity index (χ0n) is 7.73. The van der Waals surface area contributed by atoms with Gasteiger partial charge in [0.25, 0.3) is 5.56 Å². The van der Waals surface area contributed by atoms with Gasteiger partial charge in [-0.25, -0.2) is 9.97 Å². The molecule has 0 fully saturated rings. The van der Waals surface area contributed by atoms with Crippen molar-refractivity contribution in [2.24, 2.45) is 0 Å². The minimum atomic E-state index is -0.0821. The lowest BCUT2D eigenvalue weighted by molar-refractivity contribution is 0.882. The fraction of sp³-hybridized carbons (Fsp3) is 0.100. The van der Waals surface area contributed by atoms with E-state index in [0.29, 0.717) is 11.3 Å². The second-order valence-corrected chi connectivity index (χ2v) is 4.25. The Labute approximate surface area is 89.8 Å². The highest BCUT2D eigenvalue weighted by Crippen LogP contribution is 2.34. The number of hydrogen-bond acceptors (Lipinski definition) is 4. The summed E-state index contributed by atoms with van der Waals surface area (Å²) in [5.41, 5.74) is 1.89. The maximum atomic E-state index is 11.5. The molecule has 1 N–H and O–H groups in total. The van der Waals surface area contributed by atoms with Gasteiger partial charge in [-0.3, -0.25) is 4.79 Å². The van der Waals surface area contributed by atoms with Gasteiger partial charge < -0.3 is 4.98 Å². The lowest BCUT2D eigenvalue weighted by atomic mass is 10.1. The van der Waals surface area contributed by atoms with Gasteiger partial charge in [0.1, 0.15) is 9.92 Å². The fourth-order valence-corrected chi connectivity index (χ4v) is 2.56. The van der Waals surface area contributed by atoms with Crippen molar-refractivity contribution in [1.82, 2.24) is 15.0 Å². The van der Waals surface area contributed by atoms with Crippen molar-refractivity contribution in [3.8, 4) is 0 Å². The Bertz CT molecular complexity index is 579. The molecular formula is C10H7N3OS. The summed E-state index contributed by atoms with van der Waals surface area (Å²) in [5, 5.41) is 0.906. The zero-order valence-corrected chi connectivity index (χ0v) is 8.54. The van der Waals surface area contributed by atoms with Crippen molar-refractivity contribution in [1.29, 1.82) is 0 Å². The molecule has 3 heterocycles. The van der Waals surface area contributed by atoms with E-state index < -0.39 is 0 Å². The Kier molecular flexibility index (Phi) is 1.85. The van der Waals surface area contributed by atoms with Gasteiger partial charge in [0, 0.05) is 12.6 Å². The summed E-state index contributed by atoms with van der Waals surface area (Å²) >= 11 is 1.39. The lowest BCUT2D eigenvalue weighted by Crippen LogP contribution is -2.16. The highest BCUT2D eigenvalue weighted by Gasteiger charge is 2.19. The summed E-state index contributed by atoms with van der Waals surface area (Å²) in [6.07, 6.45) is 3.87. The van der Waals surface area contributed by atoms with E-state index >= 15 is 0 Å². The first kappa shape index (κ1) is 8.67. The molecule has 1 aliphatic rings. The van der Waals surface area contributed by atoms with Crippen molar-refractivity contribution in [3.05, 3.63) is 46.3 Å². The highest BCUT2D eigenvalue weighted by molar-refractivity contribution is 7.99. The fourth-order valence-electron chi connectivity index (χ4n) is 1.58. The zero-order chi connectivity index (χ0) is 10.3. The van der Waals surface area contributed by atoms with Gasteiger partial charge in [-0.1, -0.05) is 17.8 Å². The number of pyridine rings is 1. The molecule has 0 unspecified atom stereocenters. The van der Waals surface area contributed by atoms with Gasteiger partial charge in [-0.15, -0.1) is 0 Å². The Balaban J connectivity index is 2.19. The molecule has 15 heavy (non-hydrogen) atoms. The third kappa shape index (κ3) is 1.35. The van der Waals surface area contributed by atoms with Crippen LogP contribution in [0.1, 0.15) is 11.3 Å². The first-order valence-corrected chi connectivity index (χ1v) is 5.34. The number of aromatic nitrogens is 3. The number of nitrogens with one attached hydrogen (secondary N) is 1. The first-order valence-electron chi connectivity index (χ1n) is 4.53. The van der Waals surface area contributed by atoms with Crippen LogP contribution in [0.5, 0.6) is 0 Å². The van der Waals surface area contributed by atoms with Crippen molar-refractivity contribution in [2.45, 2.75) is 16.3 Å². The van der Waals surface area contributed by atoms with Crippen molar-refractivity contribution in [3.63, 3.8) is 0 Å². The SMILES string of the molecule is O=c1[nH]cnc2c1Sc1ncccc1C2. The number of rotatable bonds is 0. The van der Waals surface area contributed by atoms with Gasteiger partial charge in [-0.05, 0) is 11.6 Å². The second-order valence-electron chi connectivity index (χ2n) is 3.25. The lowest BCUT2D eigenvalue weighted by Gasteiger charge is -2.14. The van der Waals surface area contributed by atoms with E-state index in [1.807, 2.05) is 12.1 Å². The third-order valence-electron chi connectivity index (χ3n) is 2.29. The monoisotopic (exact) mass is 217 g/mol. The Morgan fingerprint density at radius 1 is 1.40 bits per heavy atom. The maximum absolute atomic E-state index is 11.5. The van der Waals surface area contributed by atoms with Gasteiger partial charge in [0.15, 0.2) is 0 Å². The topological polar surface area (TPSA) is 58.6 Å². The van der Waals surface area contributed by atoms with Gasteiger partial charge in [0.05, 0.1) is 12.0 Å². The normalized spacial score (nSPS) is 13.1. The van der Waals surface area contributed by atoms with Gasteiger partial charge in [0.2, 0.25) is 0 Å². The van der Waals surface area contributed by atoms with E-state index in [1.54, 1.807) is 6.20 Å². The van der Waals surface area contributed by atoms with Crippen molar-refractivity contribution >= 4 is 11.8 Å². The van der Waals surface area contributed by atoms with Crippen LogP contribution in [-0.2, 0) is 6.42 Å². The molecule has 0 saturated heterocycles. The van der Waals surface area contributed by atoms with E-state index in [1.165, 1.54) is 18.1 Å². The molecule has 0 radical (unpaired) electrons. The Hall–Kier alpha value is -1.62. The van der Waals surface area contributed by atoms with E-state index in [0.717, 1.165) is 16.3 Å². The van der Waals surface area contributed by atoms with Crippen LogP contribution in [0.25, 0.3) is 0 Å².